The van der Waals surface area contributed by atoms with Crippen LogP contribution in [-0.2, 0) is 0 Å². The third kappa shape index (κ3) is 7.16. The van der Waals surface area contributed by atoms with Crippen molar-refractivity contribution >= 4 is 0 Å². The summed E-state index contributed by atoms with van der Waals surface area (Å²) in [5.74, 6) is -12.7. The predicted octanol–water partition coefficient (Wildman–Crippen LogP) is 9.80. The summed E-state index contributed by atoms with van der Waals surface area (Å²) in [6.45, 7) is 5.14. The lowest BCUT2D eigenvalue weighted by Gasteiger charge is -2.25. The van der Waals surface area contributed by atoms with Crippen molar-refractivity contribution in [3.05, 3.63) is 95.1 Å². The molecule has 0 fully saturated rings. The van der Waals surface area contributed by atoms with Crippen LogP contribution in [0.15, 0.2) is 48.5 Å². The third-order valence-corrected chi connectivity index (χ3v) is 7.36. The van der Waals surface area contributed by atoms with E-state index in [1.54, 1.807) is 6.92 Å². The number of hydrogen-bond donors (Lipinski definition) is 0. The van der Waals surface area contributed by atoms with Gasteiger partial charge in [-0.2, -0.15) is 17.6 Å². The molecule has 12 heteroatoms. The van der Waals surface area contributed by atoms with E-state index in [9.17, 15) is 35.1 Å². The highest BCUT2D eigenvalue weighted by Gasteiger charge is 2.25. The first-order valence-electron chi connectivity index (χ1n) is 14.2. The van der Waals surface area contributed by atoms with Crippen LogP contribution >= 0.6 is 0 Å². The second-order valence-corrected chi connectivity index (χ2v) is 11.0. The molecule has 0 heterocycles. The summed E-state index contributed by atoms with van der Waals surface area (Å²) < 4.78 is 137. The number of halogens is 8. The highest BCUT2D eigenvalue weighted by Crippen LogP contribution is 2.37. The van der Waals surface area contributed by atoms with Crippen molar-refractivity contribution < 1.29 is 54.1 Å². The molecule has 0 aliphatic rings. The zero-order valence-electron chi connectivity index (χ0n) is 25.3. The molecule has 4 aromatic rings. The van der Waals surface area contributed by atoms with Crippen LogP contribution in [0.3, 0.4) is 0 Å². The van der Waals surface area contributed by atoms with Gasteiger partial charge in [-0.25, -0.2) is 17.6 Å². The van der Waals surface area contributed by atoms with Gasteiger partial charge in [-0.05, 0) is 73.7 Å². The number of ether oxygens (including phenoxy) is 4. The molecule has 0 bridgehead atoms. The Bertz CT molecular complexity index is 1720. The van der Waals surface area contributed by atoms with E-state index in [-0.39, 0.29) is 31.3 Å². The lowest BCUT2D eigenvalue weighted by molar-refractivity contribution is 0.175. The molecule has 0 saturated heterocycles. The molecule has 0 saturated carbocycles. The molecule has 4 aromatic carbocycles. The van der Waals surface area contributed by atoms with Gasteiger partial charge < -0.3 is 18.9 Å². The van der Waals surface area contributed by atoms with Gasteiger partial charge in [0.1, 0.15) is 0 Å². The highest BCUT2D eigenvalue weighted by atomic mass is 19.2. The van der Waals surface area contributed by atoms with Gasteiger partial charge >= 0.3 is 0 Å². The number of hydrogen-bond acceptors (Lipinski definition) is 4. The minimum absolute atomic E-state index is 0.0730. The molecule has 246 valence electrons. The SMILES string of the molecule is CCOc1ccc(-c2ccc(OCCC(C)(C)CCOc3ccc(-c4ccc(OC)c(F)c4F)c(F)c3F)c(F)c2F)c(F)c1F. The Balaban J connectivity index is 1.35. The van der Waals surface area contributed by atoms with Gasteiger partial charge in [0.15, 0.2) is 46.3 Å². The molecule has 0 radical (unpaired) electrons. The summed E-state index contributed by atoms with van der Waals surface area (Å²) in [7, 11) is 1.14. The van der Waals surface area contributed by atoms with E-state index in [1.807, 2.05) is 13.8 Å². The second-order valence-electron chi connectivity index (χ2n) is 11.0. The highest BCUT2D eigenvalue weighted by molar-refractivity contribution is 5.68. The normalized spacial score (nSPS) is 11.5. The maximum absolute atomic E-state index is 14.9. The molecule has 0 aliphatic heterocycles. The molecule has 0 amide bonds. The third-order valence-electron chi connectivity index (χ3n) is 7.36. The van der Waals surface area contributed by atoms with Crippen LogP contribution < -0.4 is 18.9 Å². The molecule has 0 aliphatic carbocycles. The zero-order valence-corrected chi connectivity index (χ0v) is 25.3. The Morgan fingerprint density at radius 1 is 0.457 bits per heavy atom. The largest absolute Gasteiger partial charge is 0.494 e. The molecule has 0 unspecified atom stereocenters. The topological polar surface area (TPSA) is 36.9 Å². The van der Waals surface area contributed by atoms with E-state index < -0.39 is 85.7 Å². The quantitative estimate of drug-likeness (QED) is 0.135. The van der Waals surface area contributed by atoms with Crippen molar-refractivity contribution in [2.24, 2.45) is 5.41 Å². The summed E-state index contributed by atoms with van der Waals surface area (Å²) in [5, 5.41) is 0. The van der Waals surface area contributed by atoms with E-state index in [2.05, 4.69) is 4.74 Å². The van der Waals surface area contributed by atoms with Crippen molar-refractivity contribution in [3.63, 3.8) is 0 Å². The fourth-order valence-electron chi connectivity index (χ4n) is 4.61. The van der Waals surface area contributed by atoms with Crippen LogP contribution in [0.25, 0.3) is 22.3 Å². The van der Waals surface area contributed by atoms with Crippen LogP contribution in [0.5, 0.6) is 23.0 Å². The van der Waals surface area contributed by atoms with Gasteiger partial charge in [0.25, 0.3) is 0 Å². The molecule has 4 rings (SSSR count). The maximum atomic E-state index is 14.9. The van der Waals surface area contributed by atoms with Crippen molar-refractivity contribution in [1.29, 1.82) is 0 Å². The summed E-state index contributed by atoms with van der Waals surface area (Å²) in [5.41, 5.74) is -2.52. The van der Waals surface area contributed by atoms with E-state index in [0.717, 1.165) is 55.6 Å². The van der Waals surface area contributed by atoms with Crippen molar-refractivity contribution in [1.82, 2.24) is 0 Å². The molecular formula is C34H30F8O4. The monoisotopic (exact) mass is 654 g/mol. The van der Waals surface area contributed by atoms with Gasteiger partial charge in [0.05, 0.1) is 26.9 Å². The fraction of sp³-hybridized carbons (Fsp3) is 0.294. The summed E-state index contributed by atoms with van der Waals surface area (Å²) in [4.78, 5) is 0. The number of benzene rings is 4. The average Bonchev–Trinajstić information content (AvgIpc) is 3.02. The fourth-order valence-corrected chi connectivity index (χ4v) is 4.61. The summed E-state index contributed by atoms with van der Waals surface area (Å²) >= 11 is 0. The standard InChI is InChI=1S/C34H30F8O4/c1-5-44-23-11-7-19(27(36)31(23)40)21-9-13-25(33(42)29(21)38)46-17-15-34(2,3)14-16-45-24-12-8-20(28(37)32(24)41)18-6-10-22(43-4)30(39)26(18)35/h6-13H,5,14-17H2,1-4H3. The lowest BCUT2D eigenvalue weighted by Crippen LogP contribution is -2.19. The van der Waals surface area contributed by atoms with E-state index >= 15 is 0 Å². The van der Waals surface area contributed by atoms with Crippen LogP contribution in [-0.4, -0.2) is 26.9 Å². The molecule has 0 aromatic heterocycles. The Kier molecular flexibility index (Phi) is 10.7. The first-order chi connectivity index (χ1) is 21.8. The first-order valence-corrected chi connectivity index (χ1v) is 14.2. The average molecular weight is 655 g/mol. The van der Waals surface area contributed by atoms with Gasteiger partial charge in [0, 0.05) is 22.3 Å². The lowest BCUT2D eigenvalue weighted by atomic mass is 9.86. The zero-order chi connectivity index (χ0) is 33.8. The van der Waals surface area contributed by atoms with Crippen molar-refractivity contribution in [2.45, 2.75) is 33.6 Å². The molecular weight excluding hydrogens is 624 g/mol. The Morgan fingerprint density at radius 3 is 1.09 bits per heavy atom. The van der Waals surface area contributed by atoms with Crippen LogP contribution in [0.4, 0.5) is 35.1 Å². The minimum Gasteiger partial charge on any atom is -0.494 e. The maximum Gasteiger partial charge on any atom is 0.201 e. The minimum atomic E-state index is -1.43. The molecule has 46 heavy (non-hydrogen) atoms. The van der Waals surface area contributed by atoms with E-state index in [1.165, 1.54) is 0 Å². The molecule has 0 atom stereocenters. The molecule has 4 nitrogen and oxygen atoms in total. The van der Waals surface area contributed by atoms with Gasteiger partial charge in [-0.15, -0.1) is 0 Å². The summed E-state index contributed by atoms with van der Waals surface area (Å²) in [6.07, 6.45) is 0.603. The van der Waals surface area contributed by atoms with Crippen molar-refractivity contribution in [2.75, 3.05) is 26.9 Å². The summed E-state index contributed by atoms with van der Waals surface area (Å²) in [6, 6.07) is 8.70. The van der Waals surface area contributed by atoms with Crippen LogP contribution in [0, 0.1) is 52.0 Å². The van der Waals surface area contributed by atoms with Gasteiger partial charge in [-0.1, -0.05) is 13.8 Å². The van der Waals surface area contributed by atoms with Gasteiger partial charge in [-0.3, -0.25) is 0 Å². The Labute approximate surface area is 260 Å². The van der Waals surface area contributed by atoms with Crippen LogP contribution in [0.1, 0.15) is 33.6 Å². The first kappa shape index (κ1) is 34.4. The predicted molar refractivity (Wildman–Crippen MR) is 155 cm³/mol. The molecule has 0 spiro atoms. The van der Waals surface area contributed by atoms with E-state index in [0.29, 0.717) is 12.8 Å². The number of rotatable bonds is 13. The van der Waals surface area contributed by atoms with Crippen molar-refractivity contribution in [3.8, 4) is 45.3 Å². The number of methoxy groups -OCH3 is 1. The molecule has 0 N–H and O–H groups in total. The van der Waals surface area contributed by atoms with Gasteiger partial charge in [0.2, 0.25) is 23.3 Å². The smallest absolute Gasteiger partial charge is 0.201 e. The second kappa shape index (κ2) is 14.3. The van der Waals surface area contributed by atoms with E-state index in [4.69, 9.17) is 14.2 Å². The Hall–Kier alpha value is -4.48. The Morgan fingerprint density at radius 2 is 0.761 bits per heavy atom. The van der Waals surface area contributed by atoms with Crippen LogP contribution in [0.2, 0.25) is 0 Å².